The Balaban J connectivity index is 1.89. The van der Waals surface area contributed by atoms with Crippen LogP contribution in [0.15, 0.2) is 46.6 Å². The predicted molar refractivity (Wildman–Crippen MR) is 87.0 cm³/mol. The Kier molecular flexibility index (Phi) is 4.07. The fraction of sp³-hybridized carbons (Fsp3) is 0.200. The number of aromatic nitrogens is 3. The number of imidazole rings is 1. The minimum atomic E-state index is -1.23. The summed E-state index contributed by atoms with van der Waals surface area (Å²) in [7, 11) is -1.23. The van der Waals surface area contributed by atoms with Crippen molar-refractivity contribution in [3.63, 3.8) is 0 Å². The van der Waals surface area contributed by atoms with Crippen molar-refractivity contribution in [2.24, 2.45) is 0 Å². The van der Waals surface area contributed by atoms with Crippen LogP contribution < -0.4 is 0 Å². The minimum Gasteiger partial charge on any atom is -0.331 e. The summed E-state index contributed by atoms with van der Waals surface area (Å²) in [4.78, 5) is 13.0. The van der Waals surface area contributed by atoms with Crippen molar-refractivity contribution in [3.8, 4) is 0 Å². The number of benzene rings is 1. The Hall–Kier alpha value is -1.66. The number of pyridine rings is 1. The molecule has 6 heteroatoms. The van der Waals surface area contributed by atoms with Gasteiger partial charge in [0.05, 0.1) is 33.3 Å². The summed E-state index contributed by atoms with van der Waals surface area (Å²) < 4.78 is 12.5. The Bertz CT molecular complexity index is 781. The van der Waals surface area contributed by atoms with E-state index in [1.807, 2.05) is 43.5 Å². The molecule has 108 valence electrons. The van der Waals surface area contributed by atoms with Gasteiger partial charge in [0.1, 0.15) is 0 Å². The van der Waals surface area contributed by atoms with Gasteiger partial charge in [0.15, 0.2) is 5.16 Å². The molecule has 2 heterocycles. The van der Waals surface area contributed by atoms with E-state index in [1.54, 1.807) is 18.0 Å². The van der Waals surface area contributed by atoms with Crippen molar-refractivity contribution in [1.29, 1.82) is 0 Å². The van der Waals surface area contributed by atoms with Crippen molar-refractivity contribution < 1.29 is 4.21 Å². The van der Waals surface area contributed by atoms with E-state index in [4.69, 9.17) is 0 Å². The van der Waals surface area contributed by atoms with Crippen LogP contribution in [-0.4, -0.2) is 25.4 Å². The Labute approximate surface area is 129 Å². The van der Waals surface area contributed by atoms with Gasteiger partial charge in [-0.15, -0.1) is 11.8 Å². The second kappa shape index (κ2) is 5.99. The molecule has 1 aromatic carbocycles. The number of nitrogens with zero attached hydrogens (tertiary/aromatic N) is 2. The normalized spacial score (nSPS) is 12.7. The lowest BCUT2D eigenvalue weighted by molar-refractivity contribution is 0.676. The molecule has 0 amide bonds. The van der Waals surface area contributed by atoms with Crippen molar-refractivity contribution in [3.05, 3.63) is 47.8 Å². The number of aromatic amines is 1. The zero-order valence-electron chi connectivity index (χ0n) is 11.8. The molecule has 0 unspecified atom stereocenters. The van der Waals surface area contributed by atoms with Crippen LogP contribution in [0.2, 0.25) is 0 Å². The average molecular weight is 317 g/mol. The van der Waals surface area contributed by atoms with E-state index in [0.29, 0.717) is 10.9 Å². The summed E-state index contributed by atoms with van der Waals surface area (Å²) in [5.41, 5.74) is 3.70. The van der Waals surface area contributed by atoms with Gasteiger partial charge in [0.2, 0.25) is 0 Å². The molecule has 0 spiro atoms. The van der Waals surface area contributed by atoms with Crippen LogP contribution in [0.4, 0.5) is 0 Å². The molecule has 0 aliphatic carbocycles. The molecule has 3 aromatic rings. The van der Waals surface area contributed by atoms with Crippen molar-refractivity contribution >= 4 is 33.6 Å². The smallest absolute Gasteiger partial charge is 0.197 e. The number of hydrogen-bond acceptors (Lipinski definition) is 4. The van der Waals surface area contributed by atoms with Crippen molar-refractivity contribution in [2.75, 3.05) is 6.26 Å². The van der Waals surface area contributed by atoms with E-state index in [2.05, 4.69) is 15.0 Å². The number of hydrogen-bond donors (Lipinski definition) is 1. The van der Waals surface area contributed by atoms with Gasteiger partial charge in [-0.05, 0) is 36.9 Å². The number of para-hydroxylation sites is 2. The second-order valence-electron chi connectivity index (χ2n) is 4.63. The zero-order valence-corrected chi connectivity index (χ0v) is 13.4. The van der Waals surface area contributed by atoms with Gasteiger partial charge in [0, 0.05) is 11.1 Å². The molecule has 0 fully saturated rings. The van der Waals surface area contributed by atoms with Crippen molar-refractivity contribution in [2.45, 2.75) is 22.7 Å². The van der Waals surface area contributed by atoms with Crippen LogP contribution in [-0.2, 0) is 16.6 Å². The molecular formula is C15H15N3OS2. The highest BCUT2D eigenvalue weighted by atomic mass is 32.2. The van der Waals surface area contributed by atoms with Gasteiger partial charge in [-0.2, -0.15) is 0 Å². The first-order valence-corrected chi connectivity index (χ1v) is 9.05. The molecule has 1 atom stereocenters. The SMILES string of the molecule is CSc1ccnc(C[S@](=O)c2nc3ccccc3[nH]2)c1C. The highest BCUT2D eigenvalue weighted by Crippen LogP contribution is 2.23. The monoisotopic (exact) mass is 317 g/mol. The molecule has 1 N–H and O–H groups in total. The number of thioether (sulfide) groups is 1. The maximum Gasteiger partial charge on any atom is 0.197 e. The topological polar surface area (TPSA) is 58.6 Å². The van der Waals surface area contributed by atoms with E-state index in [1.165, 1.54) is 4.90 Å². The van der Waals surface area contributed by atoms with Crippen LogP contribution in [0.1, 0.15) is 11.3 Å². The Morgan fingerprint density at radius 3 is 2.86 bits per heavy atom. The molecule has 0 saturated carbocycles. The third kappa shape index (κ3) is 2.87. The maximum atomic E-state index is 12.5. The van der Waals surface area contributed by atoms with Crippen LogP contribution in [0.5, 0.6) is 0 Å². The molecule has 21 heavy (non-hydrogen) atoms. The largest absolute Gasteiger partial charge is 0.331 e. The number of fused-ring (bicyclic) bond motifs is 1. The van der Waals surface area contributed by atoms with E-state index < -0.39 is 10.8 Å². The Morgan fingerprint density at radius 2 is 2.10 bits per heavy atom. The molecule has 0 radical (unpaired) electrons. The van der Waals surface area contributed by atoms with Gasteiger partial charge < -0.3 is 4.98 Å². The van der Waals surface area contributed by atoms with E-state index in [-0.39, 0.29) is 0 Å². The van der Waals surface area contributed by atoms with Crippen LogP contribution in [0.25, 0.3) is 11.0 Å². The first-order chi connectivity index (χ1) is 10.2. The molecular weight excluding hydrogens is 302 g/mol. The molecule has 0 aliphatic heterocycles. The summed E-state index contributed by atoms with van der Waals surface area (Å²) >= 11 is 1.67. The van der Waals surface area contributed by atoms with E-state index in [0.717, 1.165) is 22.3 Å². The van der Waals surface area contributed by atoms with Crippen LogP contribution in [0.3, 0.4) is 0 Å². The first-order valence-electron chi connectivity index (χ1n) is 6.50. The number of rotatable bonds is 4. The van der Waals surface area contributed by atoms with Crippen molar-refractivity contribution in [1.82, 2.24) is 15.0 Å². The van der Waals surface area contributed by atoms with Gasteiger partial charge >= 0.3 is 0 Å². The summed E-state index contributed by atoms with van der Waals surface area (Å²) in [5.74, 6) is 0.375. The van der Waals surface area contributed by atoms with Gasteiger partial charge in [-0.3, -0.25) is 9.19 Å². The molecule has 2 aromatic heterocycles. The minimum absolute atomic E-state index is 0.375. The quantitative estimate of drug-likeness (QED) is 0.750. The second-order valence-corrected chi connectivity index (χ2v) is 6.85. The van der Waals surface area contributed by atoms with E-state index >= 15 is 0 Å². The molecule has 3 rings (SSSR count). The third-order valence-electron chi connectivity index (χ3n) is 3.33. The number of H-pyrrole nitrogens is 1. The molecule has 0 aliphatic rings. The fourth-order valence-corrected chi connectivity index (χ4v) is 3.88. The lowest BCUT2D eigenvalue weighted by Gasteiger charge is -2.07. The highest BCUT2D eigenvalue weighted by Gasteiger charge is 2.14. The fourth-order valence-electron chi connectivity index (χ4n) is 2.16. The summed E-state index contributed by atoms with van der Waals surface area (Å²) in [5, 5.41) is 0.506. The van der Waals surface area contributed by atoms with E-state index in [9.17, 15) is 4.21 Å². The lowest BCUT2D eigenvalue weighted by atomic mass is 10.2. The molecule has 4 nitrogen and oxygen atoms in total. The van der Waals surface area contributed by atoms with Gasteiger partial charge in [0.25, 0.3) is 0 Å². The Morgan fingerprint density at radius 1 is 1.29 bits per heavy atom. The highest BCUT2D eigenvalue weighted by molar-refractivity contribution is 7.98. The maximum absolute atomic E-state index is 12.5. The predicted octanol–water partition coefficient (Wildman–Crippen LogP) is 3.30. The first kappa shape index (κ1) is 14.3. The molecule has 0 saturated heterocycles. The summed E-state index contributed by atoms with van der Waals surface area (Å²) in [6.45, 7) is 2.02. The third-order valence-corrected chi connectivity index (χ3v) is 5.37. The van der Waals surface area contributed by atoms with Gasteiger partial charge in [-0.1, -0.05) is 12.1 Å². The zero-order chi connectivity index (χ0) is 14.8. The van der Waals surface area contributed by atoms with Crippen LogP contribution in [0, 0.1) is 6.92 Å². The molecule has 0 bridgehead atoms. The lowest BCUT2D eigenvalue weighted by Crippen LogP contribution is -2.03. The summed E-state index contributed by atoms with van der Waals surface area (Å²) in [6.07, 6.45) is 3.80. The standard InChI is InChI=1S/C15H15N3OS2/c1-10-13(16-8-7-14(10)20-2)9-21(19)15-17-11-5-3-4-6-12(11)18-15/h3-8H,9H2,1-2H3,(H,17,18)/t21-/m0/s1. The summed E-state index contributed by atoms with van der Waals surface area (Å²) in [6, 6.07) is 9.67. The average Bonchev–Trinajstić information content (AvgIpc) is 2.93. The number of nitrogens with one attached hydrogen (secondary N) is 1. The van der Waals surface area contributed by atoms with Crippen LogP contribution >= 0.6 is 11.8 Å². The van der Waals surface area contributed by atoms with Gasteiger partial charge in [-0.25, -0.2) is 4.98 Å².